The molecule has 0 saturated carbocycles. The molecule has 35 heavy (non-hydrogen) atoms. The van der Waals surface area contributed by atoms with Crippen molar-refractivity contribution in [2.24, 2.45) is 12.8 Å². The first-order chi connectivity index (χ1) is 17.0. The average Bonchev–Trinajstić information content (AvgIpc) is 3.51. The Labute approximate surface area is 210 Å². The molecule has 0 aliphatic carbocycles. The molecule has 3 aromatic heterocycles. The van der Waals surface area contributed by atoms with Crippen LogP contribution in [-0.2, 0) is 7.05 Å². The number of aromatic nitrogens is 7. The van der Waals surface area contributed by atoms with Gasteiger partial charge >= 0.3 is 0 Å². The molecule has 0 saturated heterocycles. The Bertz CT molecular complexity index is 1700. The zero-order valence-corrected chi connectivity index (χ0v) is 20.0. The Kier molecular flexibility index (Phi) is 5.21. The molecular formula is C25H18Cl2N8. The van der Waals surface area contributed by atoms with E-state index in [4.69, 9.17) is 33.9 Å². The SMILES string of the molecule is Cn1cncc1-c1c(C(N)c2ccc(Cl)cc2)ccc2c1c(-c1cccc(Cl)c1)nc1nnnn12. The summed E-state index contributed by atoms with van der Waals surface area (Å²) >= 11 is 12.5. The number of benzene rings is 3. The quantitative estimate of drug-likeness (QED) is 0.361. The number of tetrazole rings is 1. The van der Waals surface area contributed by atoms with Crippen molar-refractivity contribution < 1.29 is 0 Å². The number of aryl methyl sites for hydroxylation is 1. The molecule has 0 fully saturated rings. The first-order valence-corrected chi connectivity index (χ1v) is 11.6. The summed E-state index contributed by atoms with van der Waals surface area (Å²) in [5.74, 6) is 0.387. The summed E-state index contributed by atoms with van der Waals surface area (Å²) in [6, 6.07) is 18.7. The normalized spacial score (nSPS) is 12.5. The van der Waals surface area contributed by atoms with Crippen LogP contribution >= 0.6 is 23.2 Å². The Morgan fingerprint density at radius 3 is 2.54 bits per heavy atom. The minimum atomic E-state index is -0.432. The maximum Gasteiger partial charge on any atom is 0.274 e. The number of hydrogen-bond acceptors (Lipinski definition) is 6. The molecule has 0 aliphatic rings. The Morgan fingerprint density at radius 2 is 1.80 bits per heavy atom. The van der Waals surface area contributed by atoms with Crippen LogP contribution in [0.5, 0.6) is 0 Å². The molecule has 0 aliphatic heterocycles. The average molecular weight is 501 g/mol. The predicted molar refractivity (Wildman–Crippen MR) is 136 cm³/mol. The van der Waals surface area contributed by atoms with E-state index < -0.39 is 6.04 Å². The van der Waals surface area contributed by atoms with Gasteiger partial charge in [-0.15, -0.1) is 0 Å². The first-order valence-electron chi connectivity index (χ1n) is 10.8. The summed E-state index contributed by atoms with van der Waals surface area (Å²) in [4.78, 5) is 9.21. The van der Waals surface area contributed by atoms with Gasteiger partial charge in [0.15, 0.2) is 0 Å². The van der Waals surface area contributed by atoms with Gasteiger partial charge in [0, 0.05) is 33.6 Å². The molecule has 172 valence electrons. The molecule has 0 spiro atoms. The second-order valence-corrected chi connectivity index (χ2v) is 9.08. The third kappa shape index (κ3) is 3.63. The van der Waals surface area contributed by atoms with Gasteiger partial charge in [0.2, 0.25) is 0 Å². The fourth-order valence-electron chi connectivity index (χ4n) is 4.42. The first kappa shape index (κ1) is 21.7. The second-order valence-electron chi connectivity index (χ2n) is 8.20. The molecule has 6 rings (SSSR count). The van der Waals surface area contributed by atoms with Crippen molar-refractivity contribution in [1.82, 2.24) is 34.6 Å². The molecule has 1 unspecified atom stereocenters. The fourth-order valence-corrected chi connectivity index (χ4v) is 4.73. The van der Waals surface area contributed by atoms with Gasteiger partial charge in [0.25, 0.3) is 5.78 Å². The summed E-state index contributed by atoms with van der Waals surface area (Å²) in [5.41, 5.74) is 12.8. The van der Waals surface area contributed by atoms with Gasteiger partial charge < -0.3 is 10.3 Å². The number of nitrogens with zero attached hydrogens (tertiary/aromatic N) is 7. The highest BCUT2D eigenvalue weighted by Gasteiger charge is 2.24. The highest BCUT2D eigenvalue weighted by atomic mass is 35.5. The minimum Gasteiger partial charge on any atom is -0.334 e. The van der Waals surface area contributed by atoms with E-state index in [1.165, 1.54) is 0 Å². The Morgan fingerprint density at radius 1 is 0.971 bits per heavy atom. The third-order valence-corrected chi connectivity index (χ3v) is 6.57. The highest BCUT2D eigenvalue weighted by molar-refractivity contribution is 6.31. The largest absolute Gasteiger partial charge is 0.334 e. The van der Waals surface area contributed by atoms with Gasteiger partial charge in [0.1, 0.15) is 0 Å². The summed E-state index contributed by atoms with van der Waals surface area (Å²) in [5, 5.41) is 14.2. The van der Waals surface area contributed by atoms with E-state index in [-0.39, 0.29) is 0 Å². The maximum absolute atomic E-state index is 6.86. The van der Waals surface area contributed by atoms with Crippen molar-refractivity contribution in [2.75, 3.05) is 0 Å². The van der Waals surface area contributed by atoms with Crippen LogP contribution < -0.4 is 5.73 Å². The van der Waals surface area contributed by atoms with Crippen LogP contribution in [0.2, 0.25) is 10.0 Å². The van der Waals surface area contributed by atoms with Crippen molar-refractivity contribution in [1.29, 1.82) is 0 Å². The summed E-state index contributed by atoms with van der Waals surface area (Å²) < 4.78 is 3.58. The van der Waals surface area contributed by atoms with Crippen molar-refractivity contribution in [3.05, 3.63) is 94.4 Å². The molecule has 3 heterocycles. The van der Waals surface area contributed by atoms with Crippen LogP contribution in [0.25, 0.3) is 39.2 Å². The van der Waals surface area contributed by atoms with Crippen molar-refractivity contribution >= 4 is 39.9 Å². The van der Waals surface area contributed by atoms with E-state index in [1.54, 1.807) is 10.8 Å². The van der Waals surface area contributed by atoms with Gasteiger partial charge in [-0.1, -0.05) is 58.6 Å². The summed E-state index contributed by atoms with van der Waals surface area (Å²) in [6.07, 6.45) is 3.58. The molecule has 0 radical (unpaired) electrons. The van der Waals surface area contributed by atoms with Crippen molar-refractivity contribution in [3.63, 3.8) is 0 Å². The Hall–Kier alpha value is -3.85. The van der Waals surface area contributed by atoms with E-state index in [0.717, 1.165) is 38.9 Å². The number of halogens is 2. The molecule has 6 aromatic rings. The van der Waals surface area contributed by atoms with Crippen molar-refractivity contribution in [3.8, 4) is 22.5 Å². The maximum atomic E-state index is 6.86. The monoisotopic (exact) mass is 500 g/mol. The summed E-state index contributed by atoms with van der Waals surface area (Å²) in [6.45, 7) is 0. The van der Waals surface area contributed by atoms with E-state index in [0.29, 0.717) is 21.5 Å². The molecule has 0 amide bonds. The van der Waals surface area contributed by atoms with Crippen LogP contribution in [0.3, 0.4) is 0 Å². The second kappa shape index (κ2) is 8.42. The highest BCUT2D eigenvalue weighted by Crippen LogP contribution is 2.41. The summed E-state index contributed by atoms with van der Waals surface area (Å²) in [7, 11) is 1.95. The van der Waals surface area contributed by atoms with E-state index in [1.807, 2.05) is 78.5 Å². The van der Waals surface area contributed by atoms with Crippen LogP contribution in [0.15, 0.2) is 73.2 Å². The predicted octanol–water partition coefficient (Wildman–Crippen LogP) is 5.09. The standard InChI is InChI=1S/C25H18Cl2N8/c1-34-13-29-12-20(34)21-18(23(28)14-5-7-16(26)8-6-14)9-10-19-22(21)24(15-3-2-4-17(27)11-15)30-25-31-32-33-35(19)25/h2-13,23H,28H2,1H3. The molecule has 2 N–H and O–H groups in total. The number of imidazole rings is 1. The number of hydrogen-bond donors (Lipinski definition) is 1. The lowest BCUT2D eigenvalue weighted by molar-refractivity contribution is 0.838. The molecule has 10 heteroatoms. The van der Waals surface area contributed by atoms with Gasteiger partial charge in [-0.3, -0.25) is 0 Å². The molecule has 1 atom stereocenters. The van der Waals surface area contributed by atoms with Crippen LogP contribution in [-0.4, -0.2) is 34.6 Å². The smallest absolute Gasteiger partial charge is 0.274 e. The Balaban J connectivity index is 1.76. The number of nitrogens with two attached hydrogens (primary N) is 1. The topological polar surface area (TPSA) is 99.8 Å². The van der Waals surface area contributed by atoms with Crippen LogP contribution in [0.1, 0.15) is 17.2 Å². The fraction of sp³-hybridized carbons (Fsp3) is 0.0800. The van der Waals surface area contributed by atoms with Gasteiger partial charge in [0.05, 0.1) is 35.5 Å². The van der Waals surface area contributed by atoms with Crippen molar-refractivity contribution in [2.45, 2.75) is 6.04 Å². The van der Waals surface area contributed by atoms with Gasteiger partial charge in [-0.2, -0.15) is 4.52 Å². The molecule has 3 aromatic carbocycles. The molecule has 0 bridgehead atoms. The lowest BCUT2D eigenvalue weighted by Crippen LogP contribution is -2.14. The third-order valence-electron chi connectivity index (χ3n) is 6.08. The van der Waals surface area contributed by atoms with Gasteiger partial charge in [-0.25, -0.2) is 9.97 Å². The van der Waals surface area contributed by atoms with E-state index >= 15 is 0 Å². The van der Waals surface area contributed by atoms with Gasteiger partial charge in [-0.05, 0) is 51.9 Å². The van der Waals surface area contributed by atoms with Crippen LogP contribution in [0.4, 0.5) is 0 Å². The molecule has 8 nitrogen and oxygen atoms in total. The van der Waals surface area contributed by atoms with E-state index in [9.17, 15) is 0 Å². The number of fused-ring (bicyclic) bond motifs is 3. The zero-order valence-electron chi connectivity index (χ0n) is 18.5. The minimum absolute atomic E-state index is 0.387. The van der Waals surface area contributed by atoms with E-state index in [2.05, 4.69) is 20.5 Å². The number of rotatable bonds is 4. The molecular weight excluding hydrogens is 483 g/mol. The zero-order chi connectivity index (χ0) is 24.1. The van der Waals surface area contributed by atoms with Crippen LogP contribution in [0, 0.1) is 0 Å². The lowest BCUT2D eigenvalue weighted by Gasteiger charge is -2.21. The lowest BCUT2D eigenvalue weighted by atomic mass is 9.89.